The first kappa shape index (κ1) is 11.6. The lowest BCUT2D eigenvalue weighted by atomic mass is 10.1. The summed E-state index contributed by atoms with van der Waals surface area (Å²) in [4.78, 5) is 38.9. The summed E-state index contributed by atoms with van der Waals surface area (Å²) in [6.45, 7) is 0. The zero-order valence-electron chi connectivity index (χ0n) is 8.67. The van der Waals surface area contributed by atoms with Crippen LogP contribution in [0.4, 0.5) is 0 Å². The zero-order chi connectivity index (χ0) is 12.6. The van der Waals surface area contributed by atoms with Crippen molar-refractivity contribution in [1.82, 2.24) is 9.97 Å². The van der Waals surface area contributed by atoms with Crippen molar-refractivity contribution in [3.8, 4) is 0 Å². The summed E-state index contributed by atoms with van der Waals surface area (Å²) in [5.74, 6) is -1.73. The lowest BCUT2D eigenvalue weighted by molar-refractivity contribution is -0.135. The molecule has 0 aliphatic rings. The lowest BCUT2D eigenvalue weighted by Gasteiger charge is -2.02. The van der Waals surface area contributed by atoms with Gasteiger partial charge in [0.2, 0.25) is 0 Å². The number of Topliss-reactive ketones (excluding diaryl/α,β-unsaturated/α-hetero) is 1. The molecule has 0 saturated carbocycles. The molecule has 17 heavy (non-hydrogen) atoms. The van der Waals surface area contributed by atoms with Crippen LogP contribution in [0.1, 0.15) is 10.4 Å². The third-order valence-corrected chi connectivity index (χ3v) is 2.88. The van der Waals surface area contributed by atoms with E-state index in [1.807, 2.05) is 0 Å². The van der Waals surface area contributed by atoms with Crippen molar-refractivity contribution in [3.63, 3.8) is 0 Å². The standard InChI is InChI=1S/C10H7BrN2O4/c1-17-9(15)8(14)4-2-6-7(3-5(4)11)13-10(16)12-6/h2-3H,1H3,(H2,12,13,16). The highest BCUT2D eigenvalue weighted by molar-refractivity contribution is 9.10. The molecule has 0 amide bonds. The van der Waals surface area contributed by atoms with E-state index in [2.05, 4.69) is 30.6 Å². The predicted octanol–water partition coefficient (Wildman–Crippen LogP) is 0.974. The zero-order valence-corrected chi connectivity index (χ0v) is 10.3. The third kappa shape index (κ3) is 2.01. The fourth-order valence-electron chi connectivity index (χ4n) is 1.43. The Hall–Kier alpha value is -1.89. The van der Waals surface area contributed by atoms with Crippen molar-refractivity contribution in [3.05, 3.63) is 32.7 Å². The van der Waals surface area contributed by atoms with E-state index in [4.69, 9.17) is 0 Å². The number of fused-ring (bicyclic) bond motifs is 1. The van der Waals surface area contributed by atoms with Crippen LogP contribution >= 0.6 is 15.9 Å². The van der Waals surface area contributed by atoms with Gasteiger partial charge in [0, 0.05) is 10.0 Å². The number of hydrogen-bond donors (Lipinski definition) is 2. The molecule has 0 fully saturated rings. The monoisotopic (exact) mass is 298 g/mol. The maximum atomic E-state index is 11.6. The minimum atomic E-state index is -0.956. The highest BCUT2D eigenvalue weighted by atomic mass is 79.9. The predicted molar refractivity (Wildman–Crippen MR) is 63.0 cm³/mol. The second-order valence-corrected chi connectivity index (χ2v) is 4.13. The molecule has 0 atom stereocenters. The molecule has 6 nitrogen and oxygen atoms in total. The van der Waals surface area contributed by atoms with Crippen LogP contribution < -0.4 is 5.69 Å². The highest BCUT2D eigenvalue weighted by Gasteiger charge is 2.20. The van der Waals surface area contributed by atoms with E-state index in [1.165, 1.54) is 6.07 Å². The van der Waals surface area contributed by atoms with E-state index in [9.17, 15) is 14.4 Å². The molecule has 0 unspecified atom stereocenters. The second-order valence-electron chi connectivity index (χ2n) is 3.28. The van der Waals surface area contributed by atoms with E-state index in [1.54, 1.807) is 6.07 Å². The number of benzene rings is 1. The van der Waals surface area contributed by atoms with Gasteiger partial charge in [0.1, 0.15) is 0 Å². The molecular formula is C10H7BrN2O4. The van der Waals surface area contributed by atoms with Crippen molar-refractivity contribution in [2.75, 3.05) is 7.11 Å². The van der Waals surface area contributed by atoms with Crippen molar-refractivity contribution in [1.29, 1.82) is 0 Å². The van der Waals surface area contributed by atoms with E-state index in [-0.39, 0.29) is 11.3 Å². The number of H-pyrrole nitrogens is 2. The number of rotatable bonds is 2. The van der Waals surface area contributed by atoms with Crippen molar-refractivity contribution in [2.24, 2.45) is 0 Å². The van der Waals surface area contributed by atoms with Crippen LogP contribution in [0, 0.1) is 0 Å². The van der Waals surface area contributed by atoms with Gasteiger partial charge in [-0.2, -0.15) is 0 Å². The van der Waals surface area contributed by atoms with Gasteiger partial charge in [-0.25, -0.2) is 9.59 Å². The Labute approximate surface area is 103 Å². The number of hydrogen-bond acceptors (Lipinski definition) is 4. The average molecular weight is 299 g/mol. The summed E-state index contributed by atoms with van der Waals surface area (Å²) in [5, 5.41) is 0. The van der Waals surface area contributed by atoms with Crippen molar-refractivity contribution >= 4 is 38.7 Å². The molecule has 7 heteroatoms. The first-order valence-corrected chi connectivity index (χ1v) is 5.36. The van der Waals surface area contributed by atoms with Crippen LogP contribution in [0.25, 0.3) is 11.0 Å². The topological polar surface area (TPSA) is 92.0 Å². The number of carbonyl (C=O) groups excluding carboxylic acids is 2. The molecule has 88 valence electrons. The highest BCUT2D eigenvalue weighted by Crippen LogP contribution is 2.22. The lowest BCUT2D eigenvalue weighted by Crippen LogP contribution is -2.16. The summed E-state index contributed by atoms with van der Waals surface area (Å²) in [6.07, 6.45) is 0. The summed E-state index contributed by atoms with van der Waals surface area (Å²) >= 11 is 3.16. The largest absolute Gasteiger partial charge is 0.463 e. The molecular weight excluding hydrogens is 292 g/mol. The molecule has 2 rings (SSSR count). The molecule has 0 bridgehead atoms. The Bertz CT molecular complexity index is 670. The van der Waals surface area contributed by atoms with Gasteiger partial charge in [-0.05, 0) is 28.1 Å². The second kappa shape index (κ2) is 4.17. The van der Waals surface area contributed by atoms with Gasteiger partial charge in [0.25, 0.3) is 5.78 Å². The fourth-order valence-corrected chi connectivity index (χ4v) is 1.96. The van der Waals surface area contributed by atoms with E-state index < -0.39 is 11.8 Å². The first-order valence-electron chi connectivity index (χ1n) is 4.57. The van der Waals surface area contributed by atoms with Crippen LogP contribution in [-0.2, 0) is 9.53 Å². The molecule has 0 radical (unpaired) electrons. The molecule has 2 N–H and O–H groups in total. The molecule has 0 aliphatic carbocycles. The van der Waals surface area contributed by atoms with Gasteiger partial charge in [-0.1, -0.05) is 0 Å². The SMILES string of the molecule is COC(=O)C(=O)c1cc2[nH]c(=O)[nH]c2cc1Br. The van der Waals surface area contributed by atoms with Crippen LogP contribution in [0.3, 0.4) is 0 Å². The molecule has 0 saturated heterocycles. The number of nitrogens with one attached hydrogen (secondary N) is 2. The van der Waals surface area contributed by atoms with Gasteiger partial charge in [-0.15, -0.1) is 0 Å². The normalized spacial score (nSPS) is 10.5. The molecule has 0 spiro atoms. The van der Waals surface area contributed by atoms with Crippen LogP contribution in [0.15, 0.2) is 21.4 Å². The first-order chi connectivity index (χ1) is 8.02. The number of imidazole rings is 1. The number of methoxy groups -OCH3 is 1. The van der Waals surface area contributed by atoms with Crippen molar-refractivity contribution in [2.45, 2.75) is 0 Å². The maximum absolute atomic E-state index is 11.6. The van der Waals surface area contributed by atoms with E-state index in [0.29, 0.717) is 15.5 Å². The number of esters is 1. The molecule has 0 aliphatic heterocycles. The van der Waals surface area contributed by atoms with Crippen LogP contribution in [0.5, 0.6) is 0 Å². The summed E-state index contributed by atoms with van der Waals surface area (Å²) < 4.78 is 4.76. The number of ether oxygens (including phenoxy) is 1. The maximum Gasteiger partial charge on any atom is 0.379 e. The fraction of sp³-hybridized carbons (Fsp3) is 0.100. The Balaban J connectivity index is 2.61. The minimum absolute atomic E-state index is 0.139. The molecule has 1 aromatic heterocycles. The quantitative estimate of drug-likeness (QED) is 0.491. The van der Waals surface area contributed by atoms with Gasteiger partial charge in [-0.3, -0.25) is 4.79 Å². The summed E-state index contributed by atoms with van der Waals surface area (Å²) in [6, 6.07) is 2.96. The molecule has 2 aromatic rings. The molecule has 1 heterocycles. The van der Waals surface area contributed by atoms with Gasteiger partial charge < -0.3 is 14.7 Å². The Morgan fingerprint density at radius 1 is 1.24 bits per heavy atom. The third-order valence-electron chi connectivity index (χ3n) is 2.22. The van der Waals surface area contributed by atoms with Crippen LogP contribution in [0.2, 0.25) is 0 Å². The molecule has 1 aromatic carbocycles. The van der Waals surface area contributed by atoms with Crippen LogP contribution in [-0.4, -0.2) is 28.8 Å². The number of aromatic nitrogens is 2. The van der Waals surface area contributed by atoms with Gasteiger partial charge in [0.05, 0.1) is 18.1 Å². The van der Waals surface area contributed by atoms with Gasteiger partial charge >= 0.3 is 11.7 Å². The Kier molecular flexibility index (Phi) is 2.84. The Morgan fingerprint density at radius 3 is 2.41 bits per heavy atom. The van der Waals surface area contributed by atoms with Gasteiger partial charge in [0.15, 0.2) is 0 Å². The number of carbonyl (C=O) groups is 2. The number of ketones is 1. The van der Waals surface area contributed by atoms with E-state index in [0.717, 1.165) is 7.11 Å². The average Bonchev–Trinajstić information content (AvgIpc) is 2.65. The van der Waals surface area contributed by atoms with E-state index >= 15 is 0 Å². The minimum Gasteiger partial charge on any atom is -0.463 e. The number of halogens is 1. The number of aromatic amines is 2. The van der Waals surface area contributed by atoms with Crippen molar-refractivity contribution < 1.29 is 14.3 Å². The summed E-state index contributed by atoms with van der Waals surface area (Å²) in [7, 11) is 1.13. The Morgan fingerprint density at radius 2 is 1.82 bits per heavy atom. The smallest absolute Gasteiger partial charge is 0.379 e. The summed E-state index contributed by atoms with van der Waals surface area (Å²) in [5.41, 5.74) is 0.753.